The maximum Gasteiger partial charge on any atom is 0.272 e. The fourth-order valence-electron chi connectivity index (χ4n) is 3.56. The first kappa shape index (κ1) is 28.2. The van der Waals surface area contributed by atoms with E-state index in [1.807, 2.05) is 37.3 Å². The summed E-state index contributed by atoms with van der Waals surface area (Å²) in [5.74, 6) is -0.726. The van der Waals surface area contributed by atoms with Gasteiger partial charge in [-0.3, -0.25) is 14.4 Å². The highest BCUT2D eigenvalue weighted by molar-refractivity contribution is 8.00. The second-order valence-electron chi connectivity index (χ2n) is 8.58. The number of Topliss-reactive ketones (excluding diaryl/α,β-unsaturated/α-hetero) is 1. The number of aryl methyl sites for hydroxylation is 1. The number of hydrogen-bond donors (Lipinski definition) is 2. The average Bonchev–Trinajstić information content (AvgIpc) is 2.94. The molecule has 2 amide bonds. The molecular formula is C31H24Cl2N2O3S. The standard InChI is InChI=1S/C31H24Cl2N2O3S/c1-20-13-15-21(16-14-20)28(36)19-39-25-11-6-10-24(18-25)34-31(38)27(17-23-9-5-12-26(32)29(23)33)35-30(37)22-7-3-2-4-8-22/h2-18H,19H2,1H3,(H,34,38)(H,35,37)/b27-17-. The molecule has 39 heavy (non-hydrogen) atoms. The molecule has 0 fully saturated rings. The molecule has 0 heterocycles. The number of ketones is 1. The lowest BCUT2D eigenvalue weighted by atomic mass is 10.1. The number of amides is 2. The van der Waals surface area contributed by atoms with Crippen LogP contribution in [-0.4, -0.2) is 23.4 Å². The van der Waals surface area contributed by atoms with Crippen LogP contribution in [0.25, 0.3) is 6.08 Å². The van der Waals surface area contributed by atoms with Crippen molar-refractivity contribution >= 4 is 64.3 Å². The van der Waals surface area contributed by atoms with Crippen LogP contribution in [0.4, 0.5) is 5.69 Å². The molecule has 196 valence electrons. The molecular weight excluding hydrogens is 551 g/mol. The molecule has 0 radical (unpaired) electrons. The van der Waals surface area contributed by atoms with Gasteiger partial charge in [0.2, 0.25) is 0 Å². The van der Waals surface area contributed by atoms with Crippen LogP contribution in [0.15, 0.2) is 108 Å². The Morgan fingerprint density at radius 2 is 1.54 bits per heavy atom. The molecule has 4 rings (SSSR count). The zero-order valence-electron chi connectivity index (χ0n) is 20.9. The van der Waals surface area contributed by atoms with Crippen molar-refractivity contribution in [1.29, 1.82) is 0 Å². The zero-order chi connectivity index (χ0) is 27.8. The minimum absolute atomic E-state index is 0.0133. The van der Waals surface area contributed by atoms with Crippen LogP contribution in [-0.2, 0) is 4.79 Å². The van der Waals surface area contributed by atoms with E-state index in [4.69, 9.17) is 23.2 Å². The lowest BCUT2D eigenvalue weighted by Gasteiger charge is -2.13. The quantitative estimate of drug-likeness (QED) is 0.122. The molecule has 2 N–H and O–H groups in total. The number of benzene rings is 4. The molecule has 4 aromatic rings. The summed E-state index contributed by atoms with van der Waals surface area (Å²) in [6.07, 6.45) is 1.48. The fraction of sp³-hybridized carbons (Fsp3) is 0.0645. The van der Waals surface area contributed by atoms with E-state index in [0.717, 1.165) is 10.5 Å². The van der Waals surface area contributed by atoms with Gasteiger partial charge in [0, 0.05) is 21.7 Å². The van der Waals surface area contributed by atoms with Crippen LogP contribution < -0.4 is 10.6 Å². The number of thioether (sulfide) groups is 1. The largest absolute Gasteiger partial charge is 0.321 e. The third-order valence-corrected chi connectivity index (χ3v) is 7.47. The Labute approximate surface area is 241 Å². The summed E-state index contributed by atoms with van der Waals surface area (Å²) in [6, 6.07) is 28.2. The van der Waals surface area contributed by atoms with Crippen molar-refractivity contribution in [3.63, 3.8) is 0 Å². The highest BCUT2D eigenvalue weighted by atomic mass is 35.5. The maximum atomic E-state index is 13.3. The van der Waals surface area contributed by atoms with Gasteiger partial charge in [0.1, 0.15) is 5.70 Å². The SMILES string of the molecule is Cc1ccc(C(=O)CSc2cccc(NC(=O)/C(=C/c3cccc(Cl)c3Cl)NC(=O)c3ccccc3)c2)cc1. The highest BCUT2D eigenvalue weighted by Crippen LogP contribution is 2.28. The van der Waals surface area contributed by atoms with Gasteiger partial charge in [-0.2, -0.15) is 0 Å². The van der Waals surface area contributed by atoms with E-state index >= 15 is 0 Å². The molecule has 0 saturated carbocycles. The number of carbonyl (C=O) groups excluding carboxylic acids is 3. The van der Waals surface area contributed by atoms with E-state index in [9.17, 15) is 14.4 Å². The number of nitrogens with one attached hydrogen (secondary N) is 2. The number of anilines is 1. The van der Waals surface area contributed by atoms with Crippen molar-refractivity contribution in [3.05, 3.63) is 135 Å². The molecule has 8 heteroatoms. The van der Waals surface area contributed by atoms with Crippen LogP contribution in [0.1, 0.15) is 31.8 Å². The smallest absolute Gasteiger partial charge is 0.272 e. The van der Waals surface area contributed by atoms with E-state index in [-0.39, 0.29) is 22.3 Å². The Morgan fingerprint density at radius 3 is 2.28 bits per heavy atom. The van der Waals surface area contributed by atoms with E-state index in [0.29, 0.717) is 27.4 Å². The van der Waals surface area contributed by atoms with Crippen LogP contribution in [0.2, 0.25) is 10.0 Å². The minimum atomic E-state index is -0.548. The van der Waals surface area contributed by atoms with Gasteiger partial charge in [0.05, 0.1) is 15.8 Å². The predicted octanol–water partition coefficient (Wildman–Crippen LogP) is 7.69. The van der Waals surface area contributed by atoms with Gasteiger partial charge in [-0.05, 0) is 55.0 Å². The molecule has 0 unspecified atom stereocenters. The highest BCUT2D eigenvalue weighted by Gasteiger charge is 2.17. The van der Waals surface area contributed by atoms with Crippen molar-refractivity contribution < 1.29 is 14.4 Å². The third-order valence-electron chi connectivity index (χ3n) is 5.65. The fourth-order valence-corrected chi connectivity index (χ4v) is 4.78. The first-order chi connectivity index (χ1) is 18.8. The molecule has 5 nitrogen and oxygen atoms in total. The average molecular weight is 576 g/mol. The first-order valence-corrected chi connectivity index (χ1v) is 13.7. The van der Waals surface area contributed by atoms with Crippen LogP contribution in [0.5, 0.6) is 0 Å². The molecule has 0 aromatic heterocycles. The Morgan fingerprint density at radius 1 is 0.821 bits per heavy atom. The summed E-state index contributed by atoms with van der Waals surface area (Å²) in [7, 11) is 0. The summed E-state index contributed by atoms with van der Waals surface area (Å²) >= 11 is 13.9. The Bertz CT molecular complexity index is 1540. The number of hydrogen-bond acceptors (Lipinski definition) is 4. The lowest BCUT2D eigenvalue weighted by molar-refractivity contribution is -0.113. The number of carbonyl (C=O) groups is 3. The van der Waals surface area contributed by atoms with Crippen LogP contribution in [0.3, 0.4) is 0 Å². The van der Waals surface area contributed by atoms with Gasteiger partial charge in [-0.1, -0.05) is 89.4 Å². The lowest BCUT2D eigenvalue weighted by Crippen LogP contribution is -2.30. The maximum absolute atomic E-state index is 13.3. The first-order valence-electron chi connectivity index (χ1n) is 12.0. The molecule has 0 aliphatic heterocycles. The Balaban J connectivity index is 1.51. The van der Waals surface area contributed by atoms with Crippen molar-refractivity contribution in [1.82, 2.24) is 5.32 Å². The summed E-state index contributed by atoms with van der Waals surface area (Å²) in [6.45, 7) is 1.97. The second kappa shape index (κ2) is 13.3. The number of rotatable bonds is 9. The van der Waals surface area contributed by atoms with E-state index < -0.39 is 11.8 Å². The van der Waals surface area contributed by atoms with Gasteiger partial charge in [0.25, 0.3) is 11.8 Å². The van der Waals surface area contributed by atoms with E-state index in [1.54, 1.807) is 66.7 Å². The molecule has 0 spiro atoms. The molecule has 0 saturated heterocycles. The van der Waals surface area contributed by atoms with E-state index in [1.165, 1.54) is 17.8 Å². The topological polar surface area (TPSA) is 75.3 Å². The molecule has 0 aliphatic rings. The number of halogens is 2. The van der Waals surface area contributed by atoms with Gasteiger partial charge < -0.3 is 10.6 Å². The van der Waals surface area contributed by atoms with Gasteiger partial charge >= 0.3 is 0 Å². The van der Waals surface area contributed by atoms with Crippen molar-refractivity contribution in [3.8, 4) is 0 Å². The van der Waals surface area contributed by atoms with Crippen LogP contribution >= 0.6 is 35.0 Å². The summed E-state index contributed by atoms with van der Waals surface area (Å²) in [4.78, 5) is 39.6. The Kier molecular flexibility index (Phi) is 9.60. The predicted molar refractivity (Wildman–Crippen MR) is 160 cm³/mol. The normalized spacial score (nSPS) is 11.1. The second-order valence-corrected chi connectivity index (χ2v) is 10.4. The van der Waals surface area contributed by atoms with E-state index in [2.05, 4.69) is 10.6 Å². The summed E-state index contributed by atoms with van der Waals surface area (Å²) < 4.78 is 0. The minimum Gasteiger partial charge on any atom is -0.321 e. The van der Waals surface area contributed by atoms with Gasteiger partial charge in [0.15, 0.2) is 5.78 Å². The Hall–Kier alpha value is -3.84. The van der Waals surface area contributed by atoms with Crippen molar-refractivity contribution in [2.24, 2.45) is 0 Å². The summed E-state index contributed by atoms with van der Waals surface area (Å²) in [5, 5.41) is 6.09. The van der Waals surface area contributed by atoms with Crippen molar-refractivity contribution in [2.45, 2.75) is 11.8 Å². The molecule has 0 bridgehead atoms. The third kappa shape index (κ3) is 7.83. The molecule has 0 aliphatic carbocycles. The van der Waals surface area contributed by atoms with Crippen molar-refractivity contribution in [2.75, 3.05) is 11.1 Å². The zero-order valence-corrected chi connectivity index (χ0v) is 23.2. The molecule has 0 atom stereocenters. The summed E-state index contributed by atoms with van der Waals surface area (Å²) in [5.41, 5.74) is 3.10. The van der Waals surface area contributed by atoms with Gasteiger partial charge in [-0.15, -0.1) is 11.8 Å². The monoisotopic (exact) mass is 574 g/mol. The van der Waals surface area contributed by atoms with Gasteiger partial charge in [-0.25, -0.2) is 0 Å². The van der Waals surface area contributed by atoms with Crippen LogP contribution in [0, 0.1) is 6.92 Å². The molecule has 4 aromatic carbocycles.